The summed E-state index contributed by atoms with van der Waals surface area (Å²) < 4.78 is 19.0. The Morgan fingerprint density at radius 3 is 2.53 bits per heavy atom. The molecule has 0 bridgehead atoms. The first kappa shape index (κ1) is 13.1. The van der Waals surface area contributed by atoms with Gasteiger partial charge in [0.2, 0.25) is 0 Å². The molecule has 96 valence electrons. The highest BCUT2D eigenvalue weighted by Gasteiger charge is 2.13. The number of aliphatic hydroxyl groups excluding tert-OH is 1. The van der Waals surface area contributed by atoms with Crippen LogP contribution in [0.2, 0.25) is 0 Å². The van der Waals surface area contributed by atoms with Crippen molar-refractivity contribution in [1.29, 1.82) is 5.26 Å². The maximum Gasteiger partial charge on any atom is 0.148 e. The highest BCUT2D eigenvalue weighted by molar-refractivity contribution is 5.47. The summed E-state index contributed by atoms with van der Waals surface area (Å²) in [7, 11) is 0. The Kier molecular flexibility index (Phi) is 3.79. The van der Waals surface area contributed by atoms with Crippen molar-refractivity contribution >= 4 is 0 Å². The average Bonchev–Trinajstić information content (AvgIpc) is 2.39. The molecule has 0 aromatic heterocycles. The number of benzene rings is 2. The maximum atomic E-state index is 13.5. The van der Waals surface area contributed by atoms with Gasteiger partial charge in [-0.25, -0.2) is 4.39 Å². The minimum Gasteiger partial charge on any atom is -0.455 e. The van der Waals surface area contributed by atoms with Crippen molar-refractivity contribution < 1.29 is 14.2 Å². The zero-order valence-corrected chi connectivity index (χ0v) is 10.3. The fourth-order valence-corrected chi connectivity index (χ4v) is 1.73. The number of halogens is 1. The molecule has 0 saturated heterocycles. The third-order valence-corrected chi connectivity index (χ3v) is 2.68. The first-order chi connectivity index (χ1) is 9.13. The monoisotopic (exact) mass is 257 g/mol. The molecule has 0 fully saturated rings. The van der Waals surface area contributed by atoms with E-state index in [1.807, 2.05) is 0 Å². The lowest BCUT2D eigenvalue weighted by molar-refractivity contribution is 0.195. The third kappa shape index (κ3) is 2.72. The van der Waals surface area contributed by atoms with Crippen LogP contribution in [0.1, 0.15) is 24.2 Å². The molecular weight excluding hydrogens is 245 g/mol. The molecule has 0 aliphatic carbocycles. The van der Waals surface area contributed by atoms with Gasteiger partial charge in [-0.2, -0.15) is 5.26 Å². The molecule has 0 aliphatic heterocycles. The van der Waals surface area contributed by atoms with Crippen LogP contribution in [-0.4, -0.2) is 5.11 Å². The van der Waals surface area contributed by atoms with Gasteiger partial charge in [0.25, 0.3) is 0 Å². The number of ether oxygens (including phenoxy) is 1. The van der Waals surface area contributed by atoms with Gasteiger partial charge in [-0.3, -0.25) is 0 Å². The standard InChI is InChI=1S/C15H12FNO2/c1-10(18)11-5-2-3-7-14(11)19-15-8-4-6-13(16)12(15)9-17/h2-8,10,18H,1H3. The quantitative estimate of drug-likeness (QED) is 0.914. The minimum absolute atomic E-state index is 0.135. The molecule has 2 aromatic carbocycles. The van der Waals surface area contributed by atoms with Crippen molar-refractivity contribution in [3.8, 4) is 17.6 Å². The summed E-state index contributed by atoms with van der Waals surface area (Å²) in [5, 5.41) is 18.6. The number of rotatable bonds is 3. The Balaban J connectivity index is 2.43. The van der Waals surface area contributed by atoms with Gasteiger partial charge in [0, 0.05) is 5.56 Å². The van der Waals surface area contributed by atoms with E-state index in [0.717, 1.165) is 0 Å². The predicted octanol–water partition coefficient (Wildman–Crippen LogP) is 3.54. The highest BCUT2D eigenvalue weighted by atomic mass is 19.1. The molecular formula is C15H12FNO2. The van der Waals surface area contributed by atoms with E-state index in [1.165, 1.54) is 18.2 Å². The van der Waals surface area contributed by atoms with Gasteiger partial charge < -0.3 is 9.84 Å². The van der Waals surface area contributed by atoms with E-state index in [1.54, 1.807) is 37.3 Å². The van der Waals surface area contributed by atoms with Crippen molar-refractivity contribution in [1.82, 2.24) is 0 Å². The molecule has 2 aromatic rings. The van der Waals surface area contributed by atoms with Crippen molar-refractivity contribution in [2.45, 2.75) is 13.0 Å². The fourth-order valence-electron chi connectivity index (χ4n) is 1.73. The molecule has 19 heavy (non-hydrogen) atoms. The van der Waals surface area contributed by atoms with Crippen LogP contribution in [-0.2, 0) is 0 Å². The Morgan fingerprint density at radius 1 is 1.16 bits per heavy atom. The summed E-state index contributed by atoms with van der Waals surface area (Å²) in [4.78, 5) is 0. The first-order valence-corrected chi connectivity index (χ1v) is 5.77. The van der Waals surface area contributed by atoms with E-state index in [-0.39, 0.29) is 11.3 Å². The van der Waals surface area contributed by atoms with Gasteiger partial charge in [-0.05, 0) is 25.1 Å². The van der Waals surface area contributed by atoms with Gasteiger partial charge in [-0.15, -0.1) is 0 Å². The molecule has 4 heteroatoms. The van der Waals surface area contributed by atoms with Crippen LogP contribution in [0, 0.1) is 17.1 Å². The zero-order chi connectivity index (χ0) is 13.8. The van der Waals surface area contributed by atoms with Gasteiger partial charge in [0.1, 0.15) is 28.9 Å². The lowest BCUT2D eigenvalue weighted by atomic mass is 10.1. The van der Waals surface area contributed by atoms with E-state index in [4.69, 9.17) is 10.00 Å². The van der Waals surface area contributed by atoms with Crippen LogP contribution >= 0.6 is 0 Å². The summed E-state index contributed by atoms with van der Waals surface area (Å²) in [5.41, 5.74) is 0.429. The number of para-hydroxylation sites is 1. The summed E-state index contributed by atoms with van der Waals surface area (Å²) in [6, 6.07) is 12.8. The molecule has 1 N–H and O–H groups in total. The molecule has 1 unspecified atom stereocenters. The van der Waals surface area contributed by atoms with Gasteiger partial charge in [-0.1, -0.05) is 24.3 Å². The zero-order valence-electron chi connectivity index (χ0n) is 10.3. The Bertz CT molecular complexity index is 632. The van der Waals surface area contributed by atoms with Crippen molar-refractivity contribution in [3.63, 3.8) is 0 Å². The Labute approximate surface area is 110 Å². The molecule has 0 aliphatic rings. The maximum absolute atomic E-state index is 13.5. The lowest BCUT2D eigenvalue weighted by Gasteiger charge is -2.13. The number of hydrogen-bond donors (Lipinski definition) is 1. The summed E-state index contributed by atoms with van der Waals surface area (Å²) in [6.07, 6.45) is -0.713. The van der Waals surface area contributed by atoms with E-state index in [0.29, 0.717) is 11.3 Å². The Hall–Kier alpha value is -2.38. The van der Waals surface area contributed by atoms with E-state index in [9.17, 15) is 9.50 Å². The summed E-state index contributed by atoms with van der Waals surface area (Å²) in [6.45, 7) is 1.61. The summed E-state index contributed by atoms with van der Waals surface area (Å²) >= 11 is 0. The molecule has 0 amide bonds. The molecule has 3 nitrogen and oxygen atoms in total. The second-order valence-electron chi connectivity index (χ2n) is 4.04. The van der Waals surface area contributed by atoms with Crippen molar-refractivity contribution in [2.75, 3.05) is 0 Å². The number of nitrogens with zero attached hydrogens (tertiary/aromatic N) is 1. The van der Waals surface area contributed by atoms with Crippen molar-refractivity contribution in [3.05, 3.63) is 59.4 Å². The second kappa shape index (κ2) is 5.51. The molecule has 0 spiro atoms. The van der Waals surface area contributed by atoms with Crippen LogP contribution in [0.15, 0.2) is 42.5 Å². The van der Waals surface area contributed by atoms with Crippen LogP contribution in [0.4, 0.5) is 4.39 Å². The number of hydrogen-bond acceptors (Lipinski definition) is 3. The van der Waals surface area contributed by atoms with Crippen LogP contribution in [0.5, 0.6) is 11.5 Å². The predicted molar refractivity (Wildman–Crippen MR) is 68.3 cm³/mol. The second-order valence-corrected chi connectivity index (χ2v) is 4.04. The number of nitriles is 1. The van der Waals surface area contributed by atoms with Crippen LogP contribution in [0.3, 0.4) is 0 Å². The van der Waals surface area contributed by atoms with Gasteiger partial charge >= 0.3 is 0 Å². The molecule has 0 heterocycles. The SMILES string of the molecule is CC(O)c1ccccc1Oc1cccc(F)c1C#N. The van der Waals surface area contributed by atoms with Crippen molar-refractivity contribution in [2.24, 2.45) is 0 Å². The van der Waals surface area contributed by atoms with E-state index < -0.39 is 11.9 Å². The van der Waals surface area contributed by atoms with E-state index >= 15 is 0 Å². The molecule has 0 radical (unpaired) electrons. The fraction of sp³-hybridized carbons (Fsp3) is 0.133. The van der Waals surface area contributed by atoms with Crippen LogP contribution in [0.25, 0.3) is 0 Å². The smallest absolute Gasteiger partial charge is 0.148 e. The third-order valence-electron chi connectivity index (χ3n) is 2.68. The highest BCUT2D eigenvalue weighted by Crippen LogP contribution is 2.31. The van der Waals surface area contributed by atoms with Gasteiger partial charge in [0.05, 0.1) is 6.10 Å². The minimum atomic E-state index is -0.713. The molecule has 2 rings (SSSR count). The largest absolute Gasteiger partial charge is 0.455 e. The number of aliphatic hydroxyl groups is 1. The first-order valence-electron chi connectivity index (χ1n) is 5.77. The lowest BCUT2D eigenvalue weighted by Crippen LogP contribution is -1.97. The summed E-state index contributed by atoms with van der Waals surface area (Å²) in [5.74, 6) is -0.0928. The Morgan fingerprint density at radius 2 is 1.84 bits per heavy atom. The topological polar surface area (TPSA) is 53.2 Å². The normalized spacial score (nSPS) is 11.7. The average molecular weight is 257 g/mol. The molecule has 0 saturated carbocycles. The van der Waals surface area contributed by atoms with Gasteiger partial charge in [0.15, 0.2) is 0 Å². The van der Waals surface area contributed by atoms with Crippen LogP contribution < -0.4 is 4.74 Å². The van der Waals surface area contributed by atoms with E-state index in [2.05, 4.69) is 0 Å². The molecule has 1 atom stereocenters.